The summed E-state index contributed by atoms with van der Waals surface area (Å²) in [4.78, 5) is 0. The van der Waals surface area contributed by atoms with Crippen LogP contribution in [0.1, 0.15) is 18.1 Å². The molecule has 1 aromatic heterocycles. The summed E-state index contributed by atoms with van der Waals surface area (Å²) in [5, 5.41) is 4.59. The number of fused-ring (bicyclic) bond motifs is 1. The van der Waals surface area contributed by atoms with Crippen LogP contribution in [0.3, 0.4) is 0 Å². The minimum Gasteiger partial charge on any atom is -0.497 e. The minimum atomic E-state index is -0.202. The zero-order valence-corrected chi connectivity index (χ0v) is 14.2. The summed E-state index contributed by atoms with van der Waals surface area (Å²) in [6.07, 6.45) is 3.17. The van der Waals surface area contributed by atoms with E-state index in [4.69, 9.17) is 4.74 Å². The highest BCUT2D eigenvalue weighted by molar-refractivity contribution is 5.85. The van der Waals surface area contributed by atoms with Crippen LogP contribution < -0.4 is 10.1 Å². The van der Waals surface area contributed by atoms with Gasteiger partial charge in [-0.1, -0.05) is 19.1 Å². The summed E-state index contributed by atoms with van der Waals surface area (Å²) in [7, 11) is 1.69. The Bertz CT molecular complexity index is 808. The van der Waals surface area contributed by atoms with E-state index in [1.165, 1.54) is 28.6 Å². The molecular weight excluding hydrogens is 303 g/mol. The van der Waals surface area contributed by atoms with Gasteiger partial charge >= 0.3 is 0 Å². The van der Waals surface area contributed by atoms with Crippen LogP contribution >= 0.6 is 0 Å². The maximum absolute atomic E-state index is 13.1. The summed E-state index contributed by atoms with van der Waals surface area (Å²) in [6.45, 7) is 4.76. The van der Waals surface area contributed by atoms with Gasteiger partial charge in [0.05, 0.1) is 7.11 Å². The molecule has 1 N–H and O–H groups in total. The van der Waals surface area contributed by atoms with Crippen LogP contribution in [0.15, 0.2) is 48.7 Å². The second-order valence-corrected chi connectivity index (χ2v) is 5.90. The number of hydrogen-bond donors (Lipinski definition) is 1. The average Bonchev–Trinajstić information content (AvgIpc) is 2.94. The molecule has 126 valence electrons. The lowest BCUT2D eigenvalue weighted by Crippen LogP contribution is -2.15. The second kappa shape index (κ2) is 7.49. The van der Waals surface area contributed by atoms with Crippen molar-refractivity contribution in [2.24, 2.45) is 0 Å². The molecule has 0 saturated heterocycles. The monoisotopic (exact) mass is 326 g/mol. The average molecular weight is 326 g/mol. The molecule has 2 aromatic carbocycles. The van der Waals surface area contributed by atoms with Crippen molar-refractivity contribution < 1.29 is 9.13 Å². The second-order valence-electron chi connectivity index (χ2n) is 5.90. The topological polar surface area (TPSA) is 26.2 Å². The molecule has 0 unspecified atom stereocenters. The van der Waals surface area contributed by atoms with Gasteiger partial charge in [-0.15, -0.1) is 0 Å². The fourth-order valence-corrected chi connectivity index (χ4v) is 2.99. The molecule has 0 aliphatic heterocycles. The quantitative estimate of drug-likeness (QED) is 0.665. The van der Waals surface area contributed by atoms with E-state index in [9.17, 15) is 4.39 Å². The Morgan fingerprint density at radius 2 is 1.92 bits per heavy atom. The van der Waals surface area contributed by atoms with Gasteiger partial charge in [-0.2, -0.15) is 0 Å². The number of ether oxygens (including phenoxy) is 1. The van der Waals surface area contributed by atoms with Crippen LogP contribution in [-0.2, 0) is 13.0 Å². The molecule has 0 aliphatic rings. The van der Waals surface area contributed by atoms with Gasteiger partial charge in [-0.25, -0.2) is 4.39 Å². The van der Waals surface area contributed by atoms with Crippen molar-refractivity contribution in [3.63, 3.8) is 0 Å². The lowest BCUT2D eigenvalue weighted by atomic mass is 10.1. The Balaban J connectivity index is 1.95. The van der Waals surface area contributed by atoms with Crippen molar-refractivity contribution in [2.75, 3.05) is 20.2 Å². The molecule has 0 saturated carbocycles. The Labute approximate surface area is 142 Å². The van der Waals surface area contributed by atoms with Gasteiger partial charge in [0.1, 0.15) is 11.6 Å². The van der Waals surface area contributed by atoms with Crippen LogP contribution in [-0.4, -0.2) is 24.8 Å². The van der Waals surface area contributed by atoms with Crippen molar-refractivity contribution in [3.05, 3.63) is 65.6 Å². The van der Waals surface area contributed by atoms with E-state index in [1.54, 1.807) is 7.11 Å². The lowest BCUT2D eigenvalue weighted by Gasteiger charge is -2.06. The number of aromatic nitrogens is 1. The largest absolute Gasteiger partial charge is 0.497 e. The lowest BCUT2D eigenvalue weighted by molar-refractivity contribution is 0.415. The molecular formula is C20H23FN2O. The van der Waals surface area contributed by atoms with Crippen LogP contribution in [0.2, 0.25) is 0 Å². The van der Waals surface area contributed by atoms with Crippen molar-refractivity contribution in [1.82, 2.24) is 9.88 Å². The molecule has 0 fully saturated rings. The first-order chi connectivity index (χ1) is 11.7. The van der Waals surface area contributed by atoms with Crippen LogP contribution in [0.25, 0.3) is 10.9 Å². The number of likely N-dealkylation sites (N-methyl/N-ethyl adjacent to an activating group) is 1. The number of halogens is 1. The smallest absolute Gasteiger partial charge is 0.123 e. The first kappa shape index (κ1) is 16.5. The van der Waals surface area contributed by atoms with E-state index in [0.717, 1.165) is 37.4 Å². The maximum atomic E-state index is 13.1. The van der Waals surface area contributed by atoms with Crippen molar-refractivity contribution in [3.8, 4) is 5.75 Å². The maximum Gasteiger partial charge on any atom is 0.123 e. The zero-order chi connectivity index (χ0) is 16.9. The van der Waals surface area contributed by atoms with Crippen LogP contribution in [0.5, 0.6) is 5.75 Å². The third-order valence-corrected chi connectivity index (χ3v) is 4.26. The predicted octanol–water partition coefficient (Wildman–Crippen LogP) is 3.99. The molecule has 3 aromatic rings. The number of rotatable bonds is 7. The standard InChI is InChI=1S/C20H23FN2O/c1-3-22-11-10-16-14-23(13-15-4-6-17(21)7-5-15)20-9-8-18(24-2)12-19(16)20/h4-9,12,14,22H,3,10-11,13H2,1-2H3. The first-order valence-corrected chi connectivity index (χ1v) is 8.32. The van der Waals surface area contributed by atoms with Crippen LogP contribution in [0, 0.1) is 5.82 Å². The van der Waals surface area contributed by atoms with Crippen molar-refractivity contribution in [1.29, 1.82) is 0 Å². The summed E-state index contributed by atoms with van der Waals surface area (Å²) in [5.74, 6) is 0.666. The van der Waals surface area contributed by atoms with Gasteiger partial charge < -0.3 is 14.6 Å². The number of benzene rings is 2. The fourth-order valence-electron chi connectivity index (χ4n) is 2.99. The molecule has 4 heteroatoms. The zero-order valence-electron chi connectivity index (χ0n) is 14.2. The summed E-state index contributed by atoms with van der Waals surface area (Å²) < 4.78 is 20.7. The molecule has 0 amide bonds. The molecule has 0 aliphatic carbocycles. The molecule has 0 spiro atoms. The van der Waals surface area contributed by atoms with E-state index in [0.29, 0.717) is 0 Å². The number of methoxy groups -OCH3 is 1. The Kier molecular flexibility index (Phi) is 5.16. The van der Waals surface area contributed by atoms with Gasteiger partial charge in [-0.05, 0) is 61.0 Å². The van der Waals surface area contributed by atoms with E-state index < -0.39 is 0 Å². The van der Waals surface area contributed by atoms with Gasteiger partial charge in [0.25, 0.3) is 0 Å². The number of nitrogens with one attached hydrogen (secondary N) is 1. The van der Waals surface area contributed by atoms with E-state index >= 15 is 0 Å². The molecule has 24 heavy (non-hydrogen) atoms. The van der Waals surface area contributed by atoms with Gasteiger partial charge in [0.15, 0.2) is 0 Å². The van der Waals surface area contributed by atoms with Crippen molar-refractivity contribution in [2.45, 2.75) is 19.9 Å². The molecule has 3 rings (SSSR count). The highest BCUT2D eigenvalue weighted by Gasteiger charge is 2.10. The predicted molar refractivity (Wildman–Crippen MR) is 96.2 cm³/mol. The van der Waals surface area contributed by atoms with Gasteiger partial charge in [-0.3, -0.25) is 0 Å². The Morgan fingerprint density at radius 1 is 1.12 bits per heavy atom. The SMILES string of the molecule is CCNCCc1cn(Cc2ccc(F)cc2)c2ccc(OC)cc12. The normalized spacial score (nSPS) is 11.1. The van der Waals surface area contributed by atoms with E-state index in [1.807, 2.05) is 18.2 Å². The van der Waals surface area contributed by atoms with Crippen molar-refractivity contribution >= 4 is 10.9 Å². The summed E-state index contributed by atoms with van der Waals surface area (Å²) in [6, 6.07) is 12.9. The van der Waals surface area contributed by atoms with E-state index in [2.05, 4.69) is 35.1 Å². The molecule has 3 nitrogen and oxygen atoms in total. The van der Waals surface area contributed by atoms with Crippen LogP contribution in [0.4, 0.5) is 4.39 Å². The molecule has 0 atom stereocenters. The van der Waals surface area contributed by atoms with Gasteiger partial charge in [0, 0.05) is 23.6 Å². The molecule has 1 heterocycles. The van der Waals surface area contributed by atoms with Gasteiger partial charge in [0.2, 0.25) is 0 Å². The third kappa shape index (κ3) is 3.60. The third-order valence-electron chi connectivity index (χ3n) is 4.26. The van der Waals surface area contributed by atoms with E-state index in [-0.39, 0.29) is 5.82 Å². The fraction of sp³-hybridized carbons (Fsp3) is 0.300. The molecule has 0 radical (unpaired) electrons. The Hall–Kier alpha value is -2.33. The highest BCUT2D eigenvalue weighted by Crippen LogP contribution is 2.27. The first-order valence-electron chi connectivity index (χ1n) is 8.32. The molecule has 0 bridgehead atoms. The summed E-state index contributed by atoms with van der Waals surface area (Å²) >= 11 is 0. The Morgan fingerprint density at radius 3 is 2.62 bits per heavy atom. The highest BCUT2D eigenvalue weighted by atomic mass is 19.1. The number of nitrogens with zero attached hydrogens (tertiary/aromatic N) is 1. The summed E-state index contributed by atoms with van der Waals surface area (Å²) in [5.41, 5.74) is 3.56. The minimum absolute atomic E-state index is 0.202. The number of hydrogen-bond acceptors (Lipinski definition) is 2.